The Morgan fingerprint density at radius 1 is 0.667 bits per heavy atom. The molecule has 0 spiro atoms. The van der Waals surface area contributed by atoms with Crippen LogP contribution in [-0.4, -0.2) is 38.6 Å². The van der Waals surface area contributed by atoms with Gasteiger partial charge in [-0.1, -0.05) is 0 Å². The molecule has 0 unspecified atom stereocenters. The van der Waals surface area contributed by atoms with E-state index in [1.807, 2.05) is 11.3 Å². The molecular weight excluding hydrogens is 269 g/mol. The molecule has 0 saturated carbocycles. The van der Waals surface area contributed by atoms with E-state index in [4.69, 9.17) is 35.3 Å². The summed E-state index contributed by atoms with van der Waals surface area (Å²) in [7, 11) is -3.73. The molecule has 9 heteroatoms. The first kappa shape index (κ1) is 11.5. The molecule has 12 heavy (non-hydrogen) atoms. The van der Waals surface area contributed by atoms with Gasteiger partial charge in [0.1, 0.15) is 0 Å². The van der Waals surface area contributed by atoms with Gasteiger partial charge in [0.2, 0.25) is 27.4 Å². The molecule has 0 radical (unpaired) electrons. The van der Waals surface area contributed by atoms with Gasteiger partial charge in [-0.3, -0.25) is 0 Å². The minimum Gasteiger partial charge on any atom is -0.239 e. The summed E-state index contributed by atoms with van der Waals surface area (Å²) in [6.45, 7) is 6.41. The summed E-state index contributed by atoms with van der Waals surface area (Å²) >= 11 is 18.3. The zero-order valence-electron chi connectivity index (χ0n) is 7.21. The first-order valence-corrected chi connectivity index (χ1v) is 11.4. The van der Waals surface area contributed by atoms with Gasteiger partial charge < -0.3 is 0 Å². The van der Waals surface area contributed by atoms with E-state index in [1.54, 1.807) is 0 Å². The summed E-state index contributed by atoms with van der Waals surface area (Å²) in [6, 6.07) is 0. The van der Waals surface area contributed by atoms with E-state index in [1.165, 1.54) is 0 Å². The standard InChI is InChI=1S/C3H12Cl3N3Si3/c1-10-7(4)11(2)9(6)12(3)8(10)5/h10-12H,1-3H3. The van der Waals surface area contributed by atoms with Crippen LogP contribution in [0.5, 0.6) is 0 Å². The lowest BCUT2D eigenvalue weighted by Crippen LogP contribution is -2.67. The van der Waals surface area contributed by atoms with Gasteiger partial charge in [0.05, 0.1) is 0 Å². The van der Waals surface area contributed by atoms with Crippen molar-refractivity contribution >= 4 is 62.7 Å². The van der Waals surface area contributed by atoms with Crippen LogP contribution in [0, 0.1) is 0 Å². The molecule has 1 saturated heterocycles. The fourth-order valence-electron chi connectivity index (χ4n) is 1.25. The van der Waals surface area contributed by atoms with Crippen molar-refractivity contribution in [1.29, 1.82) is 0 Å². The number of halogens is 3. The SMILES string of the molecule is C[SiH]1N(Cl)[SiH](C)N(Cl)[SiH](C)N1Cl. The minimum absolute atomic E-state index is 1.24. The highest BCUT2D eigenvalue weighted by atomic mass is 35.5. The molecule has 0 bridgehead atoms. The molecule has 72 valence electrons. The van der Waals surface area contributed by atoms with Crippen LogP contribution in [0.3, 0.4) is 0 Å². The van der Waals surface area contributed by atoms with Crippen LogP contribution in [0.2, 0.25) is 19.6 Å². The molecule has 1 aliphatic heterocycles. The number of hydrogen-bond acceptors (Lipinski definition) is 3. The average Bonchev–Trinajstić information content (AvgIpc) is 2.08. The zero-order valence-corrected chi connectivity index (χ0v) is 12.9. The first-order valence-electron chi connectivity index (χ1n) is 3.79. The Kier molecular flexibility index (Phi) is 4.09. The fourth-order valence-corrected chi connectivity index (χ4v) is 17.0. The van der Waals surface area contributed by atoms with Crippen molar-refractivity contribution in [3.63, 3.8) is 0 Å². The van der Waals surface area contributed by atoms with Crippen LogP contribution < -0.4 is 0 Å². The number of nitrogens with zero attached hydrogens (tertiary/aromatic N) is 3. The van der Waals surface area contributed by atoms with Crippen molar-refractivity contribution in [3.05, 3.63) is 0 Å². The second-order valence-electron chi connectivity index (χ2n) is 2.93. The normalized spacial score (nSPS) is 42.0. The maximum atomic E-state index is 6.10. The first-order chi connectivity index (χ1) is 5.46. The topological polar surface area (TPSA) is 9.72 Å². The molecule has 0 aromatic heterocycles. The Morgan fingerprint density at radius 3 is 1.00 bits per heavy atom. The average molecular weight is 281 g/mol. The van der Waals surface area contributed by atoms with Crippen molar-refractivity contribution in [2.45, 2.75) is 19.6 Å². The van der Waals surface area contributed by atoms with Gasteiger partial charge in [-0.05, 0) is 55.0 Å². The molecule has 0 aliphatic carbocycles. The van der Waals surface area contributed by atoms with Crippen molar-refractivity contribution in [3.8, 4) is 0 Å². The molecule has 0 amide bonds. The van der Waals surface area contributed by atoms with Gasteiger partial charge in [0.15, 0.2) is 0 Å². The highest BCUT2D eigenvalue weighted by Crippen LogP contribution is 2.23. The highest BCUT2D eigenvalue weighted by molar-refractivity contribution is 6.95. The summed E-state index contributed by atoms with van der Waals surface area (Å²) in [5.41, 5.74) is 0. The Hall–Kier alpha value is 1.40. The molecule has 1 aliphatic rings. The zero-order chi connectivity index (χ0) is 9.46. The Morgan fingerprint density at radius 2 is 0.833 bits per heavy atom. The van der Waals surface area contributed by atoms with Crippen LogP contribution in [0.4, 0.5) is 0 Å². The lowest BCUT2D eigenvalue weighted by molar-refractivity contribution is 0.753. The molecule has 1 heterocycles. The van der Waals surface area contributed by atoms with Gasteiger partial charge >= 0.3 is 0 Å². The molecule has 1 rings (SSSR count). The molecule has 0 aromatic carbocycles. The quantitative estimate of drug-likeness (QED) is 0.483. The third-order valence-electron chi connectivity index (χ3n) is 2.14. The number of hydrogen-bond donors (Lipinski definition) is 0. The van der Waals surface area contributed by atoms with E-state index < -0.39 is 27.4 Å². The van der Waals surface area contributed by atoms with Crippen LogP contribution in [0.15, 0.2) is 0 Å². The summed E-state index contributed by atoms with van der Waals surface area (Å²) < 4.78 is 5.69. The Balaban J connectivity index is 2.76. The fraction of sp³-hybridized carbons (Fsp3) is 1.00. The van der Waals surface area contributed by atoms with E-state index in [9.17, 15) is 0 Å². The van der Waals surface area contributed by atoms with Crippen molar-refractivity contribution in [2.24, 2.45) is 0 Å². The highest BCUT2D eigenvalue weighted by Gasteiger charge is 2.41. The predicted octanol–water partition coefficient (Wildman–Crippen LogP) is 0.918. The lowest BCUT2D eigenvalue weighted by Gasteiger charge is -2.44. The van der Waals surface area contributed by atoms with Gasteiger partial charge in [-0.25, -0.2) is 11.3 Å². The van der Waals surface area contributed by atoms with Gasteiger partial charge in [0, 0.05) is 0 Å². The second kappa shape index (κ2) is 4.28. The van der Waals surface area contributed by atoms with E-state index in [2.05, 4.69) is 19.6 Å². The van der Waals surface area contributed by atoms with Gasteiger partial charge in [-0.15, -0.1) is 0 Å². The molecule has 0 aromatic rings. The van der Waals surface area contributed by atoms with Crippen molar-refractivity contribution in [1.82, 2.24) is 11.3 Å². The van der Waals surface area contributed by atoms with Crippen molar-refractivity contribution in [2.75, 3.05) is 0 Å². The van der Waals surface area contributed by atoms with Crippen LogP contribution >= 0.6 is 35.3 Å². The maximum Gasteiger partial charge on any atom is 0.205 e. The van der Waals surface area contributed by atoms with E-state index in [-0.39, 0.29) is 0 Å². The molecular formula is C3H12Cl3N3Si3. The van der Waals surface area contributed by atoms with Gasteiger partial charge in [0.25, 0.3) is 0 Å². The molecule has 3 nitrogen and oxygen atoms in total. The van der Waals surface area contributed by atoms with Crippen LogP contribution in [-0.2, 0) is 0 Å². The minimum atomic E-state index is -1.24. The van der Waals surface area contributed by atoms with Crippen LogP contribution in [0.1, 0.15) is 0 Å². The second-order valence-corrected chi connectivity index (χ2v) is 15.0. The third-order valence-corrected chi connectivity index (χ3v) is 19.3. The van der Waals surface area contributed by atoms with Crippen LogP contribution in [0.25, 0.3) is 0 Å². The monoisotopic (exact) mass is 279 g/mol. The Labute approximate surface area is 93.4 Å². The predicted molar refractivity (Wildman–Crippen MR) is 62.1 cm³/mol. The third kappa shape index (κ3) is 1.91. The van der Waals surface area contributed by atoms with E-state index >= 15 is 0 Å². The summed E-state index contributed by atoms with van der Waals surface area (Å²) in [6.07, 6.45) is 0. The van der Waals surface area contributed by atoms with Gasteiger partial charge in [-0.2, -0.15) is 0 Å². The smallest absolute Gasteiger partial charge is 0.205 e. The summed E-state index contributed by atoms with van der Waals surface area (Å²) in [5, 5.41) is 0. The molecule has 1 fully saturated rings. The van der Waals surface area contributed by atoms with E-state index in [0.29, 0.717) is 0 Å². The molecule has 0 N–H and O–H groups in total. The Bertz CT molecular complexity index is 116. The largest absolute Gasteiger partial charge is 0.239 e. The maximum absolute atomic E-state index is 6.10. The van der Waals surface area contributed by atoms with Crippen molar-refractivity contribution < 1.29 is 0 Å². The summed E-state index contributed by atoms with van der Waals surface area (Å²) in [4.78, 5) is 0. The van der Waals surface area contributed by atoms with E-state index in [0.717, 1.165) is 0 Å². The molecule has 0 atom stereocenters. The summed E-state index contributed by atoms with van der Waals surface area (Å²) in [5.74, 6) is 0. The lowest BCUT2D eigenvalue weighted by atomic mass is 11.9. The number of rotatable bonds is 0.